The zero-order chi connectivity index (χ0) is 70.0. The van der Waals surface area contributed by atoms with Gasteiger partial charge in [-0.15, -0.1) is 0 Å². The van der Waals surface area contributed by atoms with Crippen LogP contribution in [0.1, 0.15) is 0 Å². The van der Waals surface area contributed by atoms with E-state index in [-0.39, 0.29) is 0 Å². The normalized spacial score (nSPS) is 11.6. The molecule has 0 unspecified atom stereocenters. The lowest BCUT2D eigenvalue weighted by atomic mass is 9.95. The summed E-state index contributed by atoms with van der Waals surface area (Å²) in [6.07, 6.45) is 0. The molecule has 0 saturated carbocycles. The van der Waals surface area contributed by atoms with Gasteiger partial charge in [-0.25, -0.2) is 0 Å². The highest BCUT2D eigenvalue weighted by atomic mass is 15.0. The Morgan fingerprint density at radius 2 is 0.453 bits per heavy atom. The molecular weight excluding hydrogens is 1280 g/mol. The molecule has 21 rings (SSSR count). The van der Waals surface area contributed by atoms with Gasteiger partial charge in [-0.1, -0.05) is 315 Å². The molecule has 0 aliphatic carbocycles. The molecule has 0 saturated heterocycles. The van der Waals surface area contributed by atoms with Gasteiger partial charge in [-0.3, -0.25) is 0 Å². The minimum absolute atomic E-state index is 1.14. The highest BCUT2D eigenvalue weighted by molar-refractivity contribution is 6.23. The van der Waals surface area contributed by atoms with Gasteiger partial charge >= 0.3 is 0 Å². The number of aromatic nitrogens is 4. The van der Waals surface area contributed by atoms with Gasteiger partial charge in [0, 0.05) is 65.6 Å². The summed E-state index contributed by atoms with van der Waals surface area (Å²) in [6.45, 7) is 0. The average Bonchev–Trinajstić information content (AvgIpc) is 1.56. The first-order chi connectivity index (χ1) is 52.6. The van der Waals surface area contributed by atoms with E-state index in [2.05, 4.69) is 431 Å². The molecule has 496 valence electrons. The molecule has 0 atom stereocenters. The van der Waals surface area contributed by atoms with E-state index in [4.69, 9.17) is 0 Å². The predicted molar refractivity (Wildman–Crippen MR) is 448 cm³/mol. The molecule has 106 heavy (non-hydrogen) atoms. The Morgan fingerprint density at radius 3 is 1.00 bits per heavy atom. The van der Waals surface area contributed by atoms with Gasteiger partial charge in [-0.2, -0.15) is 0 Å². The van der Waals surface area contributed by atoms with Crippen molar-refractivity contribution in [3.63, 3.8) is 0 Å². The maximum Gasteiger partial charge on any atom is 0.0547 e. The third-order valence-electron chi connectivity index (χ3n) is 21.4. The summed E-state index contributed by atoms with van der Waals surface area (Å²) in [7, 11) is 0. The van der Waals surface area contributed by atoms with Crippen molar-refractivity contribution in [1.29, 1.82) is 0 Å². The van der Waals surface area contributed by atoms with Crippen LogP contribution >= 0.6 is 0 Å². The largest absolute Gasteiger partial charge is 0.309 e. The van der Waals surface area contributed by atoms with Gasteiger partial charge in [0.1, 0.15) is 0 Å². The average molecular weight is 1350 g/mol. The maximum absolute atomic E-state index is 2.46. The summed E-state index contributed by atoms with van der Waals surface area (Å²) < 4.78 is 9.77. The second-order valence-electron chi connectivity index (χ2n) is 27.5. The van der Waals surface area contributed by atoms with Crippen molar-refractivity contribution < 1.29 is 0 Å². The first kappa shape index (κ1) is 61.8. The Balaban J connectivity index is 0.000000141. The first-order valence-electron chi connectivity index (χ1n) is 36.5. The predicted octanol–water partition coefficient (Wildman–Crippen LogP) is 27.4. The fourth-order valence-corrected chi connectivity index (χ4v) is 16.7. The summed E-state index contributed by atoms with van der Waals surface area (Å²) in [5.74, 6) is 0. The monoisotopic (exact) mass is 1350 g/mol. The molecule has 0 aliphatic heterocycles. The Kier molecular flexibility index (Phi) is 15.2. The molecule has 0 bridgehead atoms. The van der Waals surface area contributed by atoms with Gasteiger partial charge in [0.15, 0.2) is 0 Å². The molecular formula is C102H68N4. The molecule has 21 aromatic rings. The zero-order valence-electron chi connectivity index (χ0n) is 58.0. The van der Waals surface area contributed by atoms with Crippen LogP contribution in [0.15, 0.2) is 413 Å². The number of rotatable bonds is 11. The van der Waals surface area contributed by atoms with Crippen LogP contribution in [0.5, 0.6) is 0 Å². The minimum Gasteiger partial charge on any atom is -0.309 e. The zero-order valence-corrected chi connectivity index (χ0v) is 58.0. The number of benzene rings is 17. The van der Waals surface area contributed by atoms with Crippen LogP contribution in [0.25, 0.3) is 188 Å². The van der Waals surface area contributed by atoms with E-state index in [9.17, 15) is 0 Å². The number of para-hydroxylation sites is 6. The van der Waals surface area contributed by atoms with Gasteiger partial charge < -0.3 is 18.3 Å². The Labute approximate surface area is 614 Å². The summed E-state index contributed by atoms with van der Waals surface area (Å²) in [6, 6.07) is 150. The quantitative estimate of drug-likeness (QED) is 0.123. The van der Waals surface area contributed by atoms with E-state index >= 15 is 0 Å². The molecule has 4 heterocycles. The molecule has 0 fully saturated rings. The number of hydrogen-bond donors (Lipinski definition) is 0. The van der Waals surface area contributed by atoms with Crippen LogP contribution in [-0.4, -0.2) is 18.3 Å². The lowest BCUT2D eigenvalue weighted by molar-refractivity contribution is 1.18. The van der Waals surface area contributed by atoms with Crippen LogP contribution in [0, 0.1) is 0 Å². The Morgan fingerprint density at radius 1 is 0.132 bits per heavy atom. The van der Waals surface area contributed by atoms with E-state index in [0.717, 1.165) is 11.4 Å². The van der Waals surface area contributed by atoms with E-state index in [1.54, 1.807) is 0 Å². The Bertz CT molecular complexity index is 6860. The van der Waals surface area contributed by atoms with Crippen molar-refractivity contribution in [2.24, 2.45) is 0 Å². The number of fused-ring (bicyclic) bond motifs is 12. The summed E-state index contributed by atoms with van der Waals surface area (Å²) >= 11 is 0. The van der Waals surface area contributed by atoms with E-state index in [1.807, 2.05) is 0 Å². The third-order valence-corrected chi connectivity index (χ3v) is 21.4. The highest BCUT2D eigenvalue weighted by Gasteiger charge is 2.24. The van der Waals surface area contributed by atoms with Gasteiger partial charge in [0.2, 0.25) is 0 Å². The lowest BCUT2D eigenvalue weighted by Crippen LogP contribution is -1.97. The molecule has 0 N–H and O–H groups in total. The minimum atomic E-state index is 1.14. The van der Waals surface area contributed by atoms with Crippen LogP contribution in [0.2, 0.25) is 0 Å². The van der Waals surface area contributed by atoms with E-state index < -0.39 is 0 Å². The fourth-order valence-electron chi connectivity index (χ4n) is 16.7. The van der Waals surface area contributed by atoms with Crippen molar-refractivity contribution in [2.75, 3.05) is 0 Å². The third kappa shape index (κ3) is 10.5. The van der Waals surface area contributed by atoms with E-state index in [1.165, 1.54) is 176 Å². The topological polar surface area (TPSA) is 19.7 Å². The SMILES string of the molecule is c1ccc(-c2cc(-c3ccccc3)cc(-n3c4ccccc4c4c(-c5cccc6c5c5ccccc5n6-c5ccccc5-c5ccccc5)cccc43)c2)cc1.c1ccc(-c2cccc(-n3c4ccccc4c4ccc(-c5ccc6c(c5)c5ccccc5n6-c5ccccc5-c5ccccc5)cc43)c2)cc1. The second kappa shape index (κ2) is 26.1. The van der Waals surface area contributed by atoms with Crippen molar-refractivity contribution in [3.05, 3.63) is 413 Å². The van der Waals surface area contributed by atoms with Gasteiger partial charge in [0.05, 0.1) is 55.5 Å². The molecule has 4 nitrogen and oxygen atoms in total. The van der Waals surface area contributed by atoms with Crippen LogP contribution in [0.3, 0.4) is 0 Å². The molecule has 17 aromatic carbocycles. The smallest absolute Gasteiger partial charge is 0.0547 e. The lowest BCUT2D eigenvalue weighted by Gasteiger charge is -2.15. The standard InChI is InChI=1S/C54H36N2.C48H32N2/c1-4-18-37(19-5-1)40-34-41(38-20-6-2-7-21-38)36-42(35-40)55-49-30-14-11-25-46(49)53-44(27-16-32-51(53)55)45-28-17-33-52-54(45)47-26-12-15-31-50(47)56(52)48-29-13-10-24-43(48)39-22-8-3-9-23-39;1-3-14-33(15-4-1)35-18-13-19-38(30-35)49-45-24-11-8-21-40(45)42-28-26-37(32-48(42)49)36-27-29-47-43(31-36)41-22-9-12-25-46(41)50(47)44-23-10-7-20-39(44)34-16-5-2-6-17-34/h1-36H;1-32H. The van der Waals surface area contributed by atoms with Gasteiger partial charge in [-0.05, 0) is 164 Å². The van der Waals surface area contributed by atoms with Gasteiger partial charge in [0.25, 0.3) is 0 Å². The summed E-state index contributed by atoms with van der Waals surface area (Å²) in [4.78, 5) is 0. The molecule has 4 aromatic heterocycles. The summed E-state index contributed by atoms with van der Waals surface area (Å²) in [5, 5.41) is 10.00. The molecule has 0 radical (unpaired) electrons. The molecule has 0 aliphatic rings. The number of nitrogens with zero attached hydrogens (tertiary/aromatic N) is 4. The van der Waals surface area contributed by atoms with E-state index in [0.29, 0.717) is 0 Å². The molecule has 0 spiro atoms. The summed E-state index contributed by atoms with van der Waals surface area (Å²) in [5.41, 5.74) is 31.1. The van der Waals surface area contributed by atoms with Crippen LogP contribution in [-0.2, 0) is 0 Å². The fraction of sp³-hybridized carbons (Fsp3) is 0. The molecule has 4 heteroatoms. The van der Waals surface area contributed by atoms with Crippen molar-refractivity contribution in [2.45, 2.75) is 0 Å². The number of hydrogen-bond acceptors (Lipinski definition) is 0. The maximum atomic E-state index is 2.46. The van der Waals surface area contributed by atoms with Crippen molar-refractivity contribution >= 4 is 87.2 Å². The van der Waals surface area contributed by atoms with Crippen LogP contribution < -0.4 is 0 Å². The highest BCUT2D eigenvalue weighted by Crippen LogP contribution is 2.47. The Hall–Kier alpha value is -14.1. The first-order valence-corrected chi connectivity index (χ1v) is 36.5. The van der Waals surface area contributed by atoms with Crippen molar-refractivity contribution in [1.82, 2.24) is 18.3 Å². The molecule has 0 amide bonds. The second-order valence-corrected chi connectivity index (χ2v) is 27.5. The van der Waals surface area contributed by atoms with Crippen molar-refractivity contribution in [3.8, 4) is 101 Å². The van der Waals surface area contributed by atoms with Crippen LogP contribution in [0.4, 0.5) is 0 Å².